The van der Waals surface area contributed by atoms with Crippen molar-refractivity contribution in [1.82, 2.24) is 10.3 Å². The molecule has 6 nitrogen and oxygen atoms in total. The van der Waals surface area contributed by atoms with Crippen LogP contribution in [-0.2, 0) is 11.2 Å². The monoisotopic (exact) mass is 547 g/mol. The number of primary amides is 1. The molecule has 2 amide bonds. The number of carbonyl (C=O) groups excluding carboxylic acids is 2. The molecule has 1 atom stereocenters. The van der Waals surface area contributed by atoms with Gasteiger partial charge < -0.3 is 11.1 Å². The smallest absolute Gasteiger partial charge is 0.251 e. The van der Waals surface area contributed by atoms with Crippen molar-refractivity contribution in [2.45, 2.75) is 18.9 Å². The first kappa shape index (κ1) is 26.8. The number of fused-ring (bicyclic) bond motifs is 1. The van der Waals surface area contributed by atoms with Gasteiger partial charge in [0.1, 0.15) is 35.2 Å². The van der Waals surface area contributed by atoms with Crippen LogP contribution in [0.25, 0.3) is 16.7 Å². The molecule has 10 heteroatoms. The van der Waals surface area contributed by atoms with Gasteiger partial charge in [0, 0.05) is 35.0 Å². The number of pyridine rings is 1. The summed E-state index contributed by atoms with van der Waals surface area (Å²) < 4.78 is 56.1. The second-order valence-corrected chi connectivity index (χ2v) is 9.36. The minimum Gasteiger partial charge on any atom is -0.366 e. The molecule has 0 spiro atoms. The van der Waals surface area contributed by atoms with E-state index < -0.39 is 41.1 Å². The molecule has 5 N–H and O–H groups in total. The molecule has 0 bridgehead atoms. The lowest BCUT2D eigenvalue weighted by Crippen LogP contribution is -2.69. The van der Waals surface area contributed by atoms with Crippen LogP contribution in [0.1, 0.15) is 39.6 Å². The summed E-state index contributed by atoms with van der Waals surface area (Å²) in [5, 5.41) is 4.68. The zero-order valence-electron chi connectivity index (χ0n) is 20.9. The van der Waals surface area contributed by atoms with Crippen LogP contribution < -0.4 is 16.4 Å². The van der Waals surface area contributed by atoms with Gasteiger partial charge in [-0.2, -0.15) is 0 Å². The summed E-state index contributed by atoms with van der Waals surface area (Å²) in [5.74, 6) is -4.18. The summed E-state index contributed by atoms with van der Waals surface area (Å²) in [6.07, 6.45) is 3.09. The summed E-state index contributed by atoms with van der Waals surface area (Å²) in [6, 6.07) is 13.6. The molecule has 1 aliphatic heterocycles. The third-order valence-electron chi connectivity index (χ3n) is 6.59. The minimum absolute atomic E-state index is 0.0370. The number of rotatable bonds is 8. The highest BCUT2D eigenvalue weighted by Gasteiger charge is 2.26. The zero-order chi connectivity index (χ0) is 28.4. The van der Waals surface area contributed by atoms with Crippen LogP contribution in [0.4, 0.5) is 23.2 Å². The highest BCUT2D eigenvalue weighted by atomic mass is 19.1. The highest BCUT2D eigenvalue weighted by molar-refractivity contribution is 5.94. The normalized spacial score (nSPS) is 12.9. The molecular weight excluding hydrogens is 524 g/mol. The van der Waals surface area contributed by atoms with Gasteiger partial charge in [0.25, 0.3) is 5.91 Å². The number of hydrogen-bond donors (Lipinski definition) is 3. The van der Waals surface area contributed by atoms with E-state index in [2.05, 4.69) is 10.3 Å². The largest absolute Gasteiger partial charge is 0.366 e. The van der Waals surface area contributed by atoms with Gasteiger partial charge in [-0.05, 0) is 60.0 Å². The Morgan fingerprint density at radius 1 is 0.900 bits per heavy atom. The predicted molar refractivity (Wildman–Crippen MR) is 140 cm³/mol. The van der Waals surface area contributed by atoms with Gasteiger partial charge in [-0.15, -0.1) is 0 Å². The maximum absolute atomic E-state index is 14.2. The maximum atomic E-state index is 14.2. The molecule has 2 heterocycles. The van der Waals surface area contributed by atoms with Gasteiger partial charge in [0.2, 0.25) is 5.91 Å². The molecule has 1 aromatic heterocycles. The predicted octanol–water partition coefficient (Wildman–Crippen LogP) is 4.44. The van der Waals surface area contributed by atoms with E-state index in [0.717, 1.165) is 30.0 Å². The molecule has 0 saturated heterocycles. The third kappa shape index (κ3) is 5.76. The van der Waals surface area contributed by atoms with E-state index in [1.165, 1.54) is 30.5 Å². The molecule has 5 rings (SSSR count). The number of nitrogens with one attached hydrogen (secondary N) is 1. The minimum atomic E-state index is -0.955. The second kappa shape index (κ2) is 11.1. The SMILES string of the molecule is NC(=O)c1cc(-c2cccnc2[C@H](Cc2cc(F)cc(F)c2)NC(=O)CC2=C[NH2+]c3ccc(F)cc32)ccc1F. The van der Waals surface area contributed by atoms with E-state index in [9.17, 15) is 27.2 Å². The topological polar surface area (TPSA) is 102 Å². The molecule has 1 aliphatic rings. The number of halogens is 4. The summed E-state index contributed by atoms with van der Waals surface area (Å²) in [6.45, 7) is 0. The van der Waals surface area contributed by atoms with Crippen molar-refractivity contribution >= 4 is 23.1 Å². The summed E-state index contributed by atoms with van der Waals surface area (Å²) in [5.41, 5.74) is 8.42. The molecule has 40 heavy (non-hydrogen) atoms. The Kier molecular flexibility index (Phi) is 7.43. The van der Waals surface area contributed by atoms with Crippen molar-refractivity contribution in [3.05, 3.63) is 125 Å². The molecule has 0 radical (unpaired) electrons. The van der Waals surface area contributed by atoms with Gasteiger partial charge in [-0.1, -0.05) is 12.1 Å². The molecule has 0 saturated carbocycles. The molecule has 0 unspecified atom stereocenters. The Morgan fingerprint density at radius 3 is 2.42 bits per heavy atom. The molecule has 3 aromatic carbocycles. The fourth-order valence-corrected chi connectivity index (χ4v) is 4.81. The Labute approximate surface area is 226 Å². The zero-order valence-corrected chi connectivity index (χ0v) is 20.9. The first-order chi connectivity index (χ1) is 19.2. The van der Waals surface area contributed by atoms with Crippen molar-refractivity contribution in [3.63, 3.8) is 0 Å². The first-order valence-electron chi connectivity index (χ1n) is 12.3. The van der Waals surface area contributed by atoms with Crippen molar-refractivity contribution < 1.29 is 32.5 Å². The van der Waals surface area contributed by atoms with Crippen molar-refractivity contribution in [2.24, 2.45) is 5.73 Å². The van der Waals surface area contributed by atoms with E-state index in [1.807, 2.05) is 0 Å². The van der Waals surface area contributed by atoms with Crippen molar-refractivity contribution in [2.75, 3.05) is 0 Å². The number of amides is 2. The van der Waals surface area contributed by atoms with Crippen LogP contribution in [-0.4, -0.2) is 16.8 Å². The van der Waals surface area contributed by atoms with E-state index in [-0.39, 0.29) is 24.0 Å². The Balaban J connectivity index is 1.50. The van der Waals surface area contributed by atoms with E-state index >= 15 is 0 Å². The molecule has 0 aliphatic carbocycles. The third-order valence-corrected chi connectivity index (χ3v) is 6.59. The number of quaternary nitrogens is 1. The lowest BCUT2D eigenvalue weighted by Gasteiger charge is -2.22. The number of nitrogens with zero attached hydrogens (tertiary/aromatic N) is 1. The molecule has 0 fully saturated rings. The summed E-state index contributed by atoms with van der Waals surface area (Å²) in [7, 11) is 0. The lowest BCUT2D eigenvalue weighted by molar-refractivity contribution is -0.491. The quantitative estimate of drug-likeness (QED) is 0.225. The van der Waals surface area contributed by atoms with Crippen molar-refractivity contribution in [1.29, 1.82) is 0 Å². The van der Waals surface area contributed by atoms with Crippen LogP contribution >= 0.6 is 0 Å². The van der Waals surface area contributed by atoms with Crippen LogP contribution in [0.5, 0.6) is 0 Å². The number of nitrogens with two attached hydrogens (primary N) is 2. The summed E-state index contributed by atoms with van der Waals surface area (Å²) >= 11 is 0. The van der Waals surface area contributed by atoms with E-state index in [1.54, 1.807) is 29.7 Å². The average molecular weight is 548 g/mol. The first-order valence-corrected chi connectivity index (χ1v) is 12.3. The van der Waals surface area contributed by atoms with Crippen LogP contribution in [0.2, 0.25) is 0 Å². The molecule has 202 valence electrons. The van der Waals surface area contributed by atoms with E-state index in [4.69, 9.17) is 5.73 Å². The van der Waals surface area contributed by atoms with Crippen LogP contribution in [0.3, 0.4) is 0 Å². The van der Waals surface area contributed by atoms with E-state index in [0.29, 0.717) is 28.0 Å². The van der Waals surface area contributed by atoms with Gasteiger partial charge in [0.05, 0.1) is 23.7 Å². The van der Waals surface area contributed by atoms with Gasteiger partial charge in [-0.3, -0.25) is 19.9 Å². The maximum Gasteiger partial charge on any atom is 0.251 e. The van der Waals surface area contributed by atoms with Gasteiger partial charge in [0.15, 0.2) is 0 Å². The fraction of sp³-hybridized carbons (Fsp3) is 0.100. The number of aromatic nitrogens is 1. The highest BCUT2D eigenvalue weighted by Crippen LogP contribution is 2.32. The number of hydrogen-bond acceptors (Lipinski definition) is 3. The fourth-order valence-electron chi connectivity index (χ4n) is 4.81. The second-order valence-electron chi connectivity index (χ2n) is 9.36. The number of carbonyl (C=O) groups is 2. The van der Waals surface area contributed by atoms with Gasteiger partial charge in [-0.25, -0.2) is 17.6 Å². The van der Waals surface area contributed by atoms with Gasteiger partial charge >= 0.3 is 0 Å². The van der Waals surface area contributed by atoms with Crippen molar-refractivity contribution in [3.8, 4) is 11.1 Å². The molecule has 4 aromatic rings. The number of benzene rings is 3. The average Bonchev–Trinajstić information content (AvgIpc) is 3.29. The Bertz CT molecular complexity index is 1650. The standard InChI is InChI=1S/C30H22F4N4O2/c31-19-4-6-26-23(14-19)18(15-37-26)12-28(39)38-27(10-16-8-20(32)13-21(33)9-16)29-22(2-1-7-36-29)17-3-5-25(34)24(11-17)30(35)40/h1-9,11,13-15,27,37H,10,12H2,(H2,35,40)(H,38,39)/p+1/t27-/m0/s1. The molecular formula is C30H23F4N4O2+. The van der Waals surface area contributed by atoms with Crippen LogP contribution in [0.15, 0.2) is 79.1 Å². The Morgan fingerprint density at radius 2 is 1.68 bits per heavy atom. The Hall–Kier alpha value is -4.83. The van der Waals surface area contributed by atoms with Crippen LogP contribution in [0, 0.1) is 23.3 Å². The lowest BCUT2D eigenvalue weighted by atomic mass is 9.94. The summed E-state index contributed by atoms with van der Waals surface area (Å²) in [4.78, 5) is 29.5.